The average Bonchev–Trinajstić information content (AvgIpc) is 2.30. The van der Waals surface area contributed by atoms with E-state index in [0.29, 0.717) is 11.3 Å². The molecule has 8 nitrogen and oxygen atoms in total. The Labute approximate surface area is 109 Å². The van der Waals surface area contributed by atoms with Crippen LogP contribution in [0.25, 0.3) is 0 Å². The molecule has 0 spiro atoms. The number of hydrazine groups is 1. The number of nitrogens with one attached hydrogen (secondary N) is 2. The number of nitrogens with zero attached hydrogens (tertiary/aromatic N) is 1. The first-order chi connectivity index (χ1) is 8.81. The third kappa shape index (κ3) is 3.96. The molecule has 0 aromatic carbocycles. The lowest BCUT2D eigenvalue weighted by Gasteiger charge is -2.19. The summed E-state index contributed by atoms with van der Waals surface area (Å²) in [5, 5.41) is 19.5. The fourth-order valence-electron chi connectivity index (χ4n) is 1.46. The van der Waals surface area contributed by atoms with Crippen LogP contribution in [0.5, 0.6) is 0 Å². The SMILES string of the molecule is CC(=O)NC1=CC=C(C(=O)O)C/C1=C\N(N)C(=N)N. The molecule has 102 valence electrons. The van der Waals surface area contributed by atoms with Gasteiger partial charge in [0.05, 0.1) is 0 Å². The van der Waals surface area contributed by atoms with E-state index < -0.39 is 11.9 Å². The van der Waals surface area contributed by atoms with E-state index in [1.54, 1.807) is 0 Å². The fourth-order valence-corrected chi connectivity index (χ4v) is 1.46. The van der Waals surface area contributed by atoms with Gasteiger partial charge in [-0.25, -0.2) is 10.6 Å². The van der Waals surface area contributed by atoms with Crippen molar-refractivity contribution in [2.24, 2.45) is 11.6 Å². The van der Waals surface area contributed by atoms with Crippen molar-refractivity contribution in [3.63, 3.8) is 0 Å². The van der Waals surface area contributed by atoms with E-state index in [-0.39, 0.29) is 17.9 Å². The number of amides is 1. The topological polar surface area (TPSA) is 146 Å². The Kier molecular flexibility index (Phi) is 4.43. The summed E-state index contributed by atoms with van der Waals surface area (Å²) in [5.74, 6) is 3.71. The lowest BCUT2D eigenvalue weighted by atomic mass is 9.97. The van der Waals surface area contributed by atoms with Gasteiger partial charge in [0, 0.05) is 30.8 Å². The summed E-state index contributed by atoms with van der Waals surface area (Å²) in [6, 6.07) is 0. The van der Waals surface area contributed by atoms with Crippen molar-refractivity contribution in [1.29, 1.82) is 5.41 Å². The number of nitrogens with two attached hydrogens (primary N) is 2. The second-order valence-electron chi connectivity index (χ2n) is 3.88. The van der Waals surface area contributed by atoms with Gasteiger partial charge in [0.25, 0.3) is 0 Å². The minimum absolute atomic E-state index is 0.0719. The largest absolute Gasteiger partial charge is 0.478 e. The highest BCUT2D eigenvalue weighted by Gasteiger charge is 2.18. The first-order valence-electron chi connectivity index (χ1n) is 5.32. The van der Waals surface area contributed by atoms with E-state index >= 15 is 0 Å². The summed E-state index contributed by atoms with van der Waals surface area (Å²) in [4.78, 5) is 22.0. The Balaban J connectivity index is 3.09. The van der Waals surface area contributed by atoms with Crippen molar-refractivity contribution in [1.82, 2.24) is 10.3 Å². The van der Waals surface area contributed by atoms with E-state index in [0.717, 1.165) is 5.01 Å². The van der Waals surface area contributed by atoms with Crippen LogP contribution in [-0.2, 0) is 9.59 Å². The summed E-state index contributed by atoms with van der Waals surface area (Å²) in [6.07, 6.45) is 4.25. The standard InChI is InChI=1S/C11H15N5O3/c1-6(17)15-9-3-2-7(10(18)19)4-8(9)5-16(14)11(12)13/h2-3,5H,4,14H2,1H3,(H3,12,13)(H,15,17)(H,18,19)/b8-5+. The molecule has 8 heteroatoms. The van der Waals surface area contributed by atoms with Gasteiger partial charge < -0.3 is 16.2 Å². The molecule has 1 amide bonds. The Morgan fingerprint density at radius 2 is 2.16 bits per heavy atom. The highest BCUT2D eigenvalue weighted by atomic mass is 16.4. The molecule has 7 N–H and O–H groups in total. The predicted molar refractivity (Wildman–Crippen MR) is 68.3 cm³/mol. The van der Waals surface area contributed by atoms with E-state index in [1.165, 1.54) is 25.3 Å². The predicted octanol–water partition coefficient (Wildman–Crippen LogP) is -0.626. The van der Waals surface area contributed by atoms with Crippen LogP contribution in [0.2, 0.25) is 0 Å². The molecule has 1 aliphatic carbocycles. The molecule has 0 aliphatic heterocycles. The van der Waals surface area contributed by atoms with Crippen LogP contribution in [0.15, 0.2) is 35.2 Å². The Bertz CT molecular complexity index is 518. The highest BCUT2D eigenvalue weighted by Crippen LogP contribution is 2.23. The van der Waals surface area contributed by atoms with Crippen molar-refractivity contribution >= 4 is 17.8 Å². The number of hydrogen-bond donors (Lipinski definition) is 5. The lowest BCUT2D eigenvalue weighted by molar-refractivity contribution is -0.132. The zero-order valence-electron chi connectivity index (χ0n) is 10.3. The molecule has 19 heavy (non-hydrogen) atoms. The summed E-state index contributed by atoms with van der Waals surface area (Å²) in [6.45, 7) is 1.33. The first kappa shape index (κ1) is 14.5. The Morgan fingerprint density at radius 1 is 1.53 bits per heavy atom. The van der Waals surface area contributed by atoms with Gasteiger partial charge in [0.1, 0.15) is 0 Å². The van der Waals surface area contributed by atoms with E-state index in [1.807, 2.05) is 0 Å². The summed E-state index contributed by atoms with van der Waals surface area (Å²) in [5.41, 5.74) is 6.22. The molecule has 0 heterocycles. The minimum atomic E-state index is -1.06. The molecule has 0 radical (unpaired) electrons. The maximum atomic E-state index is 11.1. The number of carboxylic acid groups (broad SMARTS) is 1. The van der Waals surface area contributed by atoms with Gasteiger partial charge in [-0.2, -0.15) is 0 Å². The maximum absolute atomic E-state index is 11.1. The quantitative estimate of drug-likeness (QED) is 0.199. The molecule has 0 bridgehead atoms. The van der Waals surface area contributed by atoms with Crippen molar-refractivity contribution in [3.05, 3.63) is 35.2 Å². The number of carboxylic acids is 1. The van der Waals surface area contributed by atoms with Crippen molar-refractivity contribution < 1.29 is 14.7 Å². The van der Waals surface area contributed by atoms with Crippen molar-refractivity contribution in [2.45, 2.75) is 13.3 Å². The number of carbonyl (C=O) groups excluding carboxylic acids is 1. The van der Waals surface area contributed by atoms with Gasteiger partial charge in [-0.15, -0.1) is 0 Å². The molecular weight excluding hydrogens is 250 g/mol. The molecule has 1 rings (SSSR count). The average molecular weight is 265 g/mol. The minimum Gasteiger partial charge on any atom is -0.478 e. The molecule has 0 aromatic heterocycles. The number of guanidine groups is 1. The number of rotatable bonds is 3. The second-order valence-corrected chi connectivity index (χ2v) is 3.88. The van der Waals surface area contributed by atoms with Crippen molar-refractivity contribution in [3.8, 4) is 0 Å². The van der Waals surface area contributed by atoms with E-state index in [4.69, 9.17) is 22.1 Å². The van der Waals surface area contributed by atoms with Gasteiger partial charge in [-0.05, 0) is 17.7 Å². The Morgan fingerprint density at radius 3 is 2.63 bits per heavy atom. The van der Waals surface area contributed by atoms with Crippen LogP contribution in [0.4, 0.5) is 0 Å². The molecule has 0 saturated carbocycles. The molecule has 0 saturated heterocycles. The molecular formula is C11H15N5O3. The van der Waals surface area contributed by atoms with Crippen molar-refractivity contribution in [2.75, 3.05) is 0 Å². The third-order valence-electron chi connectivity index (χ3n) is 2.34. The van der Waals surface area contributed by atoms with Crippen LogP contribution in [-0.4, -0.2) is 28.0 Å². The molecule has 1 aliphatic rings. The van der Waals surface area contributed by atoms with Crippen LogP contribution in [0.3, 0.4) is 0 Å². The number of hydrogen-bond acceptors (Lipinski definition) is 4. The van der Waals surface area contributed by atoms with Gasteiger partial charge in [-0.3, -0.25) is 15.2 Å². The monoisotopic (exact) mass is 265 g/mol. The maximum Gasteiger partial charge on any atom is 0.331 e. The van der Waals surface area contributed by atoms with Crippen LogP contribution in [0.1, 0.15) is 13.3 Å². The molecule has 0 fully saturated rings. The summed E-state index contributed by atoms with van der Waals surface area (Å²) in [7, 11) is 0. The van der Waals surface area contributed by atoms with E-state index in [9.17, 15) is 9.59 Å². The van der Waals surface area contributed by atoms with Crippen LogP contribution in [0, 0.1) is 5.41 Å². The van der Waals surface area contributed by atoms with Crippen LogP contribution < -0.4 is 16.9 Å². The number of aliphatic carboxylic acids is 1. The van der Waals surface area contributed by atoms with Gasteiger partial charge >= 0.3 is 5.97 Å². The Hall–Kier alpha value is -2.61. The highest BCUT2D eigenvalue weighted by molar-refractivity contribution is 5.89. The number of carbonyl (C=O) groups is 2. The number of allylic oxidation sites excluding steroid dienone is 3. The van der Waals surface area contributed by atoms with Crippen LogP contribution >= 0.6 is 0 Å². The van der Waals surface area contributed by atoms with Gasteiger partial charge in [-0.1, -0.05) is 0 Å². The summed E-state index contributed by atoms with van der Waals surface area (Å²) >= 11 is 0. The summed E-state index contributed by atoms with van der Waals surface area (Å²) < 4.78 is 0. The van der Waals surface area contributed by atoms with E-state index in [2.05, 4.69) is 5.32 Å². The zero-order chi connectivity index (χ0) is 14.6. The normalized spacial score (nSPS) is 16.4. The zero-order valence-corrected chi connectivity index (χ0v) is 10.3. The smallest absolute Gasteiger partial charge is 0.331 e. The fraction of sp³-hybridized carbons (Fsp3) is 0.182. The molecule has 0 aromatic rings. The lowest BCUT2D eigenvalue weighted by Crippen LogP contribution is -2.38. The van der Waals surface area contributed by atoms with Gasteiger partial charge in [0.2, 0.25) is 11.9 Å². The molecule has 0 atom stereocenters. The first-order valence-corrected chi connectivity index (χ1v) is 5.32. The second kappa shape index (κ2) is 5.83. The van der Waals surface area contributed by atoms with Gasteiger partial charge in [0.15, 0.2) is 0 Å². The molecule has 0 unspecified atom stereocenters. The third-order valence-corrected chi connectivity index (χ3v) is 2.34.